The summed E-state index contributed by atoms with van der Waals surface area (Å²) >= 11 is 1.50. The van der Waals surface area contributed by atoms with Crippen molar-refractivity contribution in [2.75, 3.05) is 12.3 Å². The number of benzene rings is 1. The Balaban J connectivity index is 2.23. The summed E-state index contributed by atoms with van der Waals surface area (Å²) in [5.74, 6) is 0.839. The number of hydrogen-bond acceptors (Lipinski definition) is 6. The lowest BCUT2D eigenvalue weighted by Gasteiger charge is -2.07. The second kappa shape index (κ2) is 5.30. The molecule has 0 atom stereocenters. The number of hydrogen-bond donors (Lipinski definition) is 3. The van der Waals surface area contributed by atoms with Gasteiger partial charge >= 0.3 is 16.3 Å². The Morgan fingerprint density at radius 1 is 1.32 bits per heavy atom. The van der Waals surface area contributed by atoms with Crippen molar-refractivity contribution in [2.24, 2.45) is 5.73 Å². The summed E-state index contributed by atoms with van der Waals surface area (Å²) < 4.78 is 1.87. The Morgan fingerprint density at radius 3 is 2.68 bits per heavy atom. The highest BCUT2D eigenvalue weighted by molar-refractivity contribution is 8.13. The Bertz CT molecular complexity index is 929. The number of rotatable bonds is 3. The molecule has 0 fully saturated rings. The van der Waals surface area contributed by atoms with Crippen molar-refractivity contribution >= 4 is 33.7 Å². The summed E-state index contributed by atoms with van der Waals surface area (Å²) in [5.41, 5.74) is 5.19. The van der Waals surface area contributed by atoms with Gasteiger partial charge in [-0.3, -0.25) is 30.0 Å². The molecule has 4 N–H and O–H groups in total. The first kappa shape index (κ1) is 14.3. The summed E-state index contributed by atoms with van der Waals surface area (Å²) in [4.78, 5) is 38.3. The normalized spacial score (nSPS) is 14.7. The summed E-state index contributed by atoms with van der Waals surface area (Å²) in [6.07, 6.45) is 0. The van der Waals surface area contributed by atoms with E-state index in [1.54, 1.807) is 0 Å². The van der Waals surface area contributed by atoms with Crippen LogP contribution in [0.3, 0.4) is 0 Å². The van der Waals surface area contributed by atoms with E-state index in [1.165, 1.54) is 23.9 Å². The number of nitrogens with two attached hydrogens (primary N) is 1. The van der Waals surface area contributed by atoms with Gasteiger partial charge in [0.25, 0.3) is 5.69 Å². The highest BCUT2D eigenvalue weighted by Gasteiger charge is 2.21. The quantitative estimate of drug-likeness (QED) is 0.307. The summed E-state index contributed by atoms with van der Waals surface area (Å²) in [6.45, 7) is 1.03. The van der Waals surface area contributed by atoms with Gasteiger partial charge in [0, 0.05) is 23.4 Å². The molecule has 0 saturated heterocycles. The number of amidine groups is 1. The fourth-order valence-electron chi connectivity index (χ4n) is 2.34. The van der Waals surface area contributed by atoms with E-state index in [-0.39, 0.29) is 11.2 Å². The zero-order valence-corrected chi connectivity index (χ0v) is 12.1. The molecule has 3 rings (SSSR count). The van der Waals surface area contributed by atoms with Gasteiger partial charge in [-0.15, -0.1) is 0 Å². The number of aromatic amines is 2. The van der Waals surface area contributed by atoms with E-state index in [0.717, 1.165) is 5.75 Å². The van der Waals surface area contributed by atoms with Crippen LogP contribution in [0.1, 0.15) is 5.56 Å². The number of aromatic nitrogens is 2. The molecule has 0 aliphatic carbocycles. The van der Waals surface area contributed by atoms with Crippen LogP contribution in [-0.2, 0) is 6.54 Å². The minimum absolute atomic E-state index is 0.157. The Morgan fingerprint density at radius 2 is 2.05 bits per heavy atom. The van der Waals surface area contributed by atoms with Gasteiger partial charge in [-0.25, -0.2) is 0 Å². The molecule has 2 heterocycles. The van der Waals surface area contributed by atoms with E-state index >= 15 is 0 Å². The highest BCUT2D eigenvalue weighted by Crippen LogP contribution is 2.23. The van der Waals surface area contributed by atoms with Crippen molar-refractivity contribution in [3.05, 3.63) is 48.5 Å². The molecule has 114 valence electrons. The van der Waals surface area contributed by atoms with Crippen molar-refractivity contribution in [2.45, 2.75) is 6.54 Å². The van der Waals surface area contributed by atoms with Crippen molar-refractivity contribution in [1.82, 2.24) is 9.97 Å². The third kappa shape index (κ3) is 2.48. The summed E-state index contributed by atoms with van der Waals surface area (Å²) in [7, 11) is 0. The first-order valence-electron chi connectivity index (χ1n) is 6.39. The fourth-order valence-corrected chi connectivity index (χ4v) is 3.19. The molecule has 1 aromatic carbocycles. The predicted octanol–water partition coefficient (Wildman–Crippen LogP) is -0.301. The molecule has 2 aromatic rings. The lowest BCUT2D eigenvalue weighted by molar-refractivity contribution is -0.534. The van der Waals surface area contributed by atoms with Crippen LogP contribution in [-0.4, -0.2) is 36.9 Å². The van der Waals surface area contributed by atoms with Crippen LogP contribution >= 0.6 is 11.8 Å². The zero-order valence-electron chi connectivity index (χ0n) is 11.3. The monoisotopic (exact) mass is 322 g/mol. The van der Waals surface area contributed by atoms with Crippen LogP contribution in [0.4, 0.5) is 5.69 Å². The standard InChI is InChI=1S/C12H11N5O4S/c13-12-16(1-2-22-12)5-6-3-7(17(20)21)4-8-9(6)15-11(19)10(18)14-8/h3-4,13H,1-2,5H2,(H2,14,15,18,19)/p+1. The van der Waals surface area contributed by atoms with Gasteiger partial charge in [-0.05, 0) is 11.8 Å². The Labute approximate surface area is 127 Å². The van der Waals surface area contributed by atoms with Gasteiger partial charge in [0.2, 0.25) is 0 Å². The number of nitrogens with zero attached hydrogens (tertiary/aromatic N) is 2. The average Bonchev–Trinajstić information content (AvgIpc) is 2.86. The number of H-pyrrole nitrogens is 2. The van der Waals surface area contributed by atoms with Gasteiger partial charge in [0.15, 0.2) is 0 Å². The number of thioether (sulfide) groups is 1. The largest absolute Gasteiger partial charge is 0.316 e. The molecule has 22 heavy (non-hydrogen) atoms. The lowest BCUT2D eigenvalue weighted by Crippen LogP contribution is -2.29. The van der Waals surface area contributed by atoms with Crippen LogP contribution in [0.5, 0.6) is 0 Å². The second-order valence-electron chi connectivity index (χ2n) is 4.80. The maximum atomic E-state index is 11.5. The van der Waals surface area contributed by atoms with Gasteiger partial charge in [-0.2, -0.15) is 0 Å². The molecular formula is C12H12N5O4S+. The number of non-ortho nitro benzene ring substituents is 1. The third-order valence-electron chi connectivity index (χ3n) is 3.39. The predicted molar refractivity (Wildman–Crippen MR) is 82.3 cm³/mol. The molecule has 10 heteroatoms. The minimum Gasteiger partial charge on any atom is -0.316 e. The lowest BCUT2D eigenvalue weighted by atomic mass is 10.1. The van der Waals surface area contributed by atoms with Crippen LogP contribution in [0.25, 0.3) is 11.0 Å². The zero-order chi connectivity index (χ0) is 15.9. The van der Waals surface area contributed by atoms with Crippen LogP contribution in [0.15, 0.2) is 21.7 Å². The second-order valence-corrected chi connectivity index (χ2v) is 5.92. The maximum Gasteiger partial charge on any atom is 0.314 e. The highest BCUT2D eigenvalue weighted by atomic mass is 32.2. The molecule has 0 unspecified atom stereocenters. The van der Waals surface area contributed by atoms with E-state index < -0.39 is 16.0 Å². The minimum atomic E-state index is -0.846. The molecule has 0 radical (unpaired) electrons. The first-order chi connectivity index (χ1) is 10.5. The van der Waals surface area contributed by atoms with Crippen molar-refractivity contribution in [1.29, 1.82) is 0 Å². The average molecular weight is 322 g/mol. The molecule has 1 aromatic heterocycles. The SMILES string of the molecule is NC1=[N+](Cc2cc([N+](=O)[O-])cc3[nH]c(=O)c(=O)[nH]c23)CCS1. The van der Waals surface area contributed by atoms with Crippen molar-refractivity contribution < 1.29 is 9.50 Å². The number of nitro benzene ring substituents is 1. The molecule has 0 bridgehead atoms. The topological polar surface area (TPSA) is 138 Å². The molecule has 0 spiro atoms. The number of nitrogens with one attached hydrogen (secondary N) is 2. The smallest absolute Gasteiger partial charge is 0.314 e. The van der Waals surface area contributed by atoms with Crippen molar-refractivity contribution in [3.63, 3.8) is 0 Å². The van der Waals surface area contributed by atoms with Gasteiger partial charge in [0.1, 0.15) is 6.54 Å². The van der Waals surface area contributed by atoms with Crippen LogP contribution in [0, 0.1) is 10.1 Å². The van der Waals surface area contributed by atoms with Gasteiger partial charge in [0.05, 0.1) is 22.5 Å². The van der Waals surface area contributed by atoms with E-state index in [2.05, 4.69) is 9.97 Å². The van der Waals surface area contributed by atoms with E-state index in [4.69, 9.17) is 5.73 Å². The van der Waals surface area contributed by atoms with E-state index in [1.807, 2.05) is 4.58 Å². The third-order valence-corrected chi connectivity index (χ3v) is 4.33. The number of nitro groups is 1. The molecule has 0 saturated carbocycles. The molecule has 1 aliphatic rings. The van der Waals surface area contributed by atoms with Crippen LogP contribution < -0.4 is 16.9 Å². The van der Waals surface area contributed by atoms with Crippen molar-refractivity contribution in [3.8, 4) is 0 Å². The number of fused-ring (bicyclic) bond motifs is 1. The van der Waals surface area contributed by atoms with E-state index in [9.17, 15) is 19.7 Å². The van der Waals surface area contributed by atoms with Gasteiger partial charge < -0.3 is 9.97 Å². The molecular weight excluding hydrogens is 310 g/mol. The summed E-state index contributed by atoms with van der Waals surface area (Å²) in [5, 5.41) is 11.7. The van der Waals surface area contributed by atoms with E-state index in [0.29, 0.717) is 29.3 Å². The fraction of sp³-hybridized carbons (Fsp3) is 0.250. The summed E-state index contributed by atoms with van der Waals surface area (Å²) in [6, 6.07) is 2.61. The Kier molecular flexibility index (Phi) is 3.45. The molecule has 0 amide bonds. The first-order valence-corrected chi connectivity index (χ1v) is 7.38. The maximum absolute atomic E-state index is 11.5. The molecule has 1 aliphatic heterocycles. The molecule has 9 nitrogen and oxygen atoms in total. The Hall–Kier alpha value is -2.62. The van der Waals surface area contributed by atoms with Crippen LogP contribution in [0.2, 0.25) is 0 Å². The van der Waals surface area contributed by atoms with Gasteiger partial charge in [-0.1, -0.05) is 0 Å².